The molecule has 0 bridgehead atoms. The average Bonchev–Trinajstić information content (AvgIpc) is 3.14. The van der Waals surface area contributed by atoms with Crippen LogP contribution in [0.1, 0.15) is 24.5 Å². The van der Waals surface area contributed by atoms with Gasteiger partial charge in [-0.2, -0.15) is 0 Å². The van der Waals surface area contributed by atoms with E-state index in [1.807, 2.05) is 28.9 Å². The quantitative estimate of drug-likeness (QED) is 0.795. The second kappa shape index (κ2) is 8.19. The Hall–Kier alpha value is -2.96. The molecule has 0 spiro atoms. The van der Waals surface area contributed by atoms with Gasteiger partial charge in [0.2, 0.25) is 17.8 Å². The highest BCUT2D eigenvalue weighted by molar-refractivity contribution is 6.01. The zero-order chi connectivity index (χ0) is 20.4. The minimum absolute atomic E-state index is 0.0451. The van der Waals surface area contributed by atoms with Gasteiger partial charge in [0.15, 0.2) is 0 Å². The summed E-state index contributed by atoms with van der Waals surface area (Å²) in [6.45, 7) is 7.27. The number of amides is 2. The van der Waals surface area contributed by atoms with Crippen LogP contribution < -0.4 is 9.80 Å². The number of para-hydroxylation sites is 1. The highest BCUT2D eigenvalue weighted by Gasteiger charge is 2.39. The van der Waals surface area contributed by atoms with Crippen LogP contribution in [0.15, 0.2) is 36.7 Å². The van der Waals surface area contributed by atoms with Crippen molar-refractivity contribution < 1.29 is 9.59 Å². The van der Waals surface area contributed by atoms with Gasteiger partial charge in [-0.25, -0.2) is 9.97 Å². The first-order valence-corrected chi connectivity index (χ1v) is 10.3. The zero-order valence-electron chi connectivity index (χ0n) is 17.0. The Morgan fingerprint density at radius 3 is 2.52 bits per heavy atom. The molecule has 7 heteroatoms. The molecule has 0 N–H and O–H groups in total. The van der Waals surface area contributed by atoms with Crippen molar-refractivity contribution in [2.75, 3.05) is 42.5 Å². The summed E-state index contributed by atoms with van der Waals surface area (Å²) in [5.41, 5.74) is 3.23. The van der Waals surface area contributed by atoms with E-state index in [-0.39, 0.29) is 17.7 Å². The summed E-state index contributed by atoms with van der Waals surface area (Å²) in [5, 5.41) is 0. The molecule has 3 heterocycles. The van der Waals surface area contributed by atoms with Gasteiger partial charge in [-0.1, -0.05) is 25.1 Å². The molecular weight excluding hydrogens is 366 g/mol. The zero-order valence-corrected chi connectivity index (χ0v) is 17.0. The predicted octanol–water partition coefficient (Wildman–Crippen LogP) is 2.05. The maximum absolute atomic E-state index is 13.1. The molecule has 1 aromatic heterocycles. The highest BCUT2D eigenvalue weighted by atomic mass is 16.2. The van der Waals surface area contributed by atoms with E-state index in [1.165, 1.54) is 0 Å². The molecule has 4 rings (SSSR count). The highest BCUT2D eigenvalue weighted by Crippen LogP contribution is 2.32. The fraction of sp³-hybridized carbons (Fsp3) is 0.455. The van der Waals surface area contributed by atoms with E-state index >= 15 is 0 Å². The van der Waals surface area contributed by atoms with Crippen LogP contribution in [0.4, 0.5) is 11.6 Å². The normalized spacial score (nSPS) is 19.7. The Kier molecular flexibility index (Phi) is 5.47. The summed E-state index contributed by atoms with van der Waals surface area (Å²) in [6, 6.07) is 7.92. The number of benzene rings is 1. The molecule has 2 saturated heterocycles. The van der Waals surface area contributed by atoms with Crippen LogP contribution in [0.5, 0.6) is 0 Å². The number of anilines is 2. The van der Waals surface area contributed by atoms with Gasteiger partial charge in [0, 0.05) is 57.2 Å². The molecule has 2 aliphatic rings. The van der Waals surface area contributed by atoms with Crippen molar-refractivity contribution >= 4 is 23.5 Å². The van der Waals surface area contributed by atoms with E-state index in [0.29, 0.717) is 45.1 Å². The second-order valence-corrected chi connectivity index (χ2v) is 7.70. The maximum Gasteiger partial charge on any atom is 0.228 e. The molecule has 2 aromatic rings. The van der Waals surface area contributed by atoms with E-state index < -0.39 is 0 Å². The number of piperazine rings is 1. The first-order valence-electron chi connectivity index (χ1n) is 10.3. The second-order valence-electron chi connectivity index (χ2n) is 7.70. The summed E-state index contributed by atoms with van der Waals surface area (Å²) in [7, 11) is 0. The lowest BCUT2D eigenvalue weighted by atomic mass is 10.0. The molecule has 29 heavy (non-hydrogen) atoms. The molecule has 0 aliphatic carbocycles. The standard InChI is InChI=1S/C22H27N5O2/c1-3-17-7-4-6-16(2)20(17)27-15-18(14-19(27)28)21(29)25-10-12-26(13-11-25)22-23-8-5-9-24-22/h4-9,18H,3,10-15H2,1-2H3. The molecule has 1 atom stereocenters. The van der Waals surface area contributed by atoms with Crippen LogP contribution in [-0.4, -0.2) is 59.4 Å². The summed E-state index contributed by atoms with van der Waals surface area (Å²) >= 11 is 0. The van der Waals surface area contributed by atoms with Gasteiger partial charge in [-0.3, -0.25) is 9.59 Å². The predicted molar refractivity (Wildman–Crippen MR) is 112 cm³/mol. The fourth-order valence-electron chi connectivity index (χ4n) is 4.32. The smallest absolute Gasteiger partial charge is 0.228 e. The van der Waals surface area contributed by atoms with E-state index in [0.717, 1.165) is 23.2 Å². The van der Waals surface area contributed by atoms with Crippen molar-refractivity contribution in [3.63, 3.8) is 0 Å². The van der Waals surface area contributed by atoms with Gasteiger partial charge < -0.3 is 14.7 Å². The molecule has 7 nitrogen and oxygen atoms in total. The number of rotatable bonds is 4. The first kappa shape index (κ1) is 19.4. The van der Waals surface area contributed by atoms with Gasteiger partial charge in [0.25, 0.3) is 0 Å². The third-order valence-corrected chi connectivity index (χ3v) is 5.87. The van der Waals surface area contributed by atoms with Crippen LogP contribution in [0, 0.1) is 12.8 Å². The number of aromatic nitrogens is 2. The number of aryl methyl sites for hydroxylation is 2. The Morgan fingerprint density at radius 1 is 1.10 bits per heavy atom. The van der Waals surface area contributed by atoms with E-state index in [2.05, 4.69) is 27.9 Å². The van der Waals surface area contributed by atoms with E-state index in [1.54, 1.807) is 18.5 Å². The molecule has 2 aliphatic heterocycles. The molecule has 2 fully saturated rings. The van der Waals surface area contributed by atoms with Gasteiger partial charge in [0.1, 0.15) is 0 Å². The van der Waals surface area contributed by atoms with Crippen molar-refractivity contribution in [3.05, 3.63) is 47.8 Å². The third kappa shape index (κ3) is 3.81. The lowest BCUT2D eigenvalue weighted by Crippen LogP contribution is -2.51. The number of nitrogens with zero attached hydrogens (tertiary/aromatic N) is 5. The summed E-state index contributed by atoms with van der Waals surface area (Å²) < 4.78 is 0. The first-order chi connectivity index (χ1) is 14.1. The molecular formula is C22H27N5O2. The molecule has 2 amide bonds. The number of carbonyl (C=O) groups is 2. The van der Waals surface area contributed by atoms with Gasteiger partial charge in [0.05, 0.1) is 5.92 Å². The van der Waals surface area contributed by atoms with Crippen molar-refractivity contribution in [1.29, 1.82) is 0 Å². The number of hydrogen-bond donors (Lipinski definition) is 0. The largest absolute Gasteiger partial charge is 0.339 e. The number of carbonyl (C=O) groups excluding carboxylic acids is 2. The average molecular weight is 393 g/mol. The molecule has 0 saturated carbocycles. The minimum Gasteiger partial charge on any atom is -0.339 e. The topological polar surface area (TPSA) is 69.6 Å². The van der Waals surface area contributed by atoms with Crippen molar-refractivity contribution in [3.8, 4) is 0 Å². The summed E-state index contributed by atoms with van der Waals surface area (Å²) in [5.74, 6) is 0.560. The van der Waals surface area contributed by atoms with Gasteiger partial charge in [-0.05, 0) is 30.5 Å². The van der Waals surface area contributed by atoms with Crippen molar-refractivity contribution in [1.82, 2.24) is 14.9 Å². The Bertz CT molecular complexity index is 893. The SMILES string of the molecule is CCc1cccc(C)c1N1CC(C(=O)N2CCN(c3ncccn3)CC2)CC1=O. The summed E-state index contributed by atoms with van der Waals surface area (Å²) in [6.07, 6.45) is 4.62. The van der Waals surface area contributed by atoms with Crippen LogP contribution in [0.3, 0.4) is 0 Å². The van der Waals surface area contributed by atoms with Gasteiger partial charge >= 0.3 is 0 Å². The van der Waals surface area contributed by atoms with Crippen molar-refractivity contribution in [2.45, 2.75) is 26.7 Å². The molecule has 152 valence electrons. The molecule has 1 unspecified atom stereocenters. The minimum atomic E-state index is -0.272. The third-order valence-electron chi connectivity index (χ3n) is 5.87. The fourth-order valence-corrected chi connectivity index (χ4v) is 4.32. The summed E-state index contributed by atoms with van der Waals surface area (Å²) in [4.78, 5) is 40.2. The Labute approximate surface area is 171 Å². The molecule has 1 aromatic carbocycles. The Morgan fingerprint density at radius 2 is 1.83 bits per heavy atom. The number of hydrogen-bond acceptors (Lipinski definition) is 5. The van der Waals surface area contributed by atoms with Crippen LogP contribution >= 0.6 is 0 Å². The lowest BCUT2D eigenvalue weighted by molar-refractivity contribution is -0.136. The lowest BCUT2D eigenvalue weighted by Gasteiger charge is -2.35. The van der Waals surface area contributed by atoms with E-state index in [9.17, 15) is 9.59 Å². The monoisotopic (exact) mass is 393 g/mol. The van der Waals surface area contributed by atoms with Crippen LogP contribution in [0.25, 0.3) is 0 Å². The maximum atomic E-state index is 13.1. The van der Waals surface area contributed by atoms with Crippen molar-refractivity contribution in [2.24, 2.45) is 5.92 Å². The molecule has 0 radical (unpaired) electrons. The van der Waals surface area contributed by atoms with E-state index in [4.69, 9.17) is 0 Å². The van der Waals surface area contributed by atoms with Crippen LogP contribution in [-0.2, 0) is 16.0 Å². The Balaban J connectivity index is 1.42. The van der Waals surface area contributed by atoms with Gasteiger partial charge in [-0.15, -0.1) is 0 Å². The van der Waals surface area contributed by atoms with Crippen LogP contribution in [0.2, 0.25) is 0 Å².